The SMILES string of the molecule is Fc1ccc([S-])cc1.[Na+]. The van der Waals surface area contributed by atoms with Crippen molar-refractivity contribution in [1.29, 1.82) is 0 Å². The summed E-state index contributed by atoms with van der Waals surface area (Å²) in [6.45, 7) is 0. The molecule has 0 atom stereocenters. The average molecular weight is 150 g/mol. The van der Waals surface area contributed by atoms with Gasteiger partial charge in [0.15, 0.2) is 0 Å². The molecule has 0 nitrogen and oxygen atoms in total. The van der Waals surface area contributed by atoms with Gasteiger partial charge in [-0.15, -0.1) is 0 Å². The minimum Gasteiger partial charge on any atom is -0.780 e. The summed E-state index contributed by atoms with van der Waals surface area (Å²) in [5.74, 6) is -0.237. The predicted octanol–water partition coefficient (Wildman–Crippen LogP) is -1.26. The van der Waals surface area contributed by atoms with Crippen LogP contribution in [0.4, 0.5) is 4.39 Å². The number of hydrogen-bond donors (Lipinski definition) is 0. The molecule has 0 saturated carbocycles. The summed E-state index contributed by atoms with van der Waals surface area (Å²) in [5, 5.41) is 0. The van der Waals surface area contributed by atoms with Gasteiger partial charge in [0, 0.05) is 0 Å². The van der Waals surface area contributed by atoms with E-state index in [2.05, 4.69) is 0 Å². The third-order valence-electron chi connectivity index (χ3n) is 0.814. The molecule has 0 fully saturated rings. The molecule has 0 aliphatic rings. The summed E-state index contributed by atoms with van der Waals surface area (Å²) < 4.78 is 12.0. The zero-order chi connectivity index (χ0) is 5.98. The Morgan fingerprint density at radius 1 is 1.11 bits per heavy atom. The Kier molecular flexibility index (Phi) is 4.40. The van der Waals surface area contributed by atoms with Crippen LogP contribution in [-0.4, -0.2) is 0 Å². The van der Waals surface area contributed by atoms with Gasteiger partial charge in [0.2, 0.25) is 0 Å². The van der Waals surface area contributed by atoms with E-state index in [0.29, 0.717) is 4.90 Å². The summed E-state index contributed by atoms with van der Waals surface area (Å²) in [6, 6.07) is 5.82. The van der Waals surface area contributed by atoms with E-state index in [0.717, 1.165) is 0 Å². The van der Waals surface area contributed by atoms with Gasteiger partial charge in [-0.3, -0.25) is 0 Å². The molecule has 0 saturated heterocycles. The van der Waals surface area contributed by atoms with E-state index in [1.54, 1.807) is 12.1 Å². The molecule has 0 aliphatic heterocycles. The van der Waals surface area contributed by atoms with Gasteiger partial charge in [0.05, 0.1) is 0 Å². The van der Waals surface area contributed by atoms with Crippen LogP contribution in [0.1, 0.15) is 0 Å². The summed E-state index contributed by atoms with van der Waals surface area (Å²) >= 11 is 4.70. The molecule has 1 rings (SSSR count). The van der Waals surface area contributed by atoms with Crippen LogP contribution in [0, 0.1) is 5.82 Å². The first-order valence-corrected chi connectivity index (χ1v) is 2.62. The van der Waals surface area contributed by atoms with E-state index >= 15 is 0 Å². The van der Waals surface area contributed by atoms with Gasteiger partial charge in [-0.2, -0.15) is 4.90 Å². The second-order valence-electron chi connectivity index (χ2n) is 1.45. The molecule has 3 heteroatoms. The van der Waals surface area contributed by atoms with Crippen molar-refractivity contribution in [2.45, 2.75) is 4.90 Å². The van der Waals surface area contributed by atoms with Crippen LogP contribution in [-0.2, 0) is 12.6 Å². The molecular weight excluding hydrogens is 146 g/mol. The quantitative estimate of drug-likeness (QED) is 0.328. The van der Waals surface area contributed by atoms with Gasteiger partial charge in [0.25, 0.3) is 0 Å². The van der Waals surface area contributed by atoms with Crippen molar-refractivity contribution in [3.05, 3.63) is 30.1 Å². The van der Waals surface area contributed by atoms with Gasteiger partial charge < -0.3 is 12.6 Å². The van der Waals surface area contributed by atoms with Crippen molar-refractivity contribution in [2.24, 2.45) is 0 Å². The Labute approximate surface area is 81.2 Å². The summed E-state index contributed by atoms with van der Waals surface area (Å²) in [7, 11) is 0. The largest absolute Gasteiger partial charge is 1.00 e. The molecule has 0 bridgehead atoms. The first-order valence-electron chi connectivity index (χ1n) is 2.21. The molecule has 0 unspecified atom stereocenters. The molecule has 1 aromatic rings. The summed E-state index contributed by atoms with van der Waals surface area (Å²) in [5.41, 5.74) is 0. The number of hydrogen-bond acceptors (Lipinski definition) is 1. The molecule has 42 valence electrons. The van der Waals surface area contributed by atoms with Gasteiger partial charge in [-0.05, 0) is 12.1 Å². The molecule has 9 heavy (non-hydrogen) atoms. The fourth-order valence-electron chi connectivity index (χ4n) is 0.435. The third kappa shape index (κ3) is 3.16. The fraction of sp³-hybridized carbons (Fsp3) is 0. The number of halogens is 1. The van der Waals surface area contributed by atoms with Crippen LogP contribution in [0.3, 0.4) is 0 Å². The summed E-state index contributed by atoms with van der Waals surface area (Å²) in [6.07, 6.45) is 0. The molecule has 0 aromatic heterocycles. The van der Waals surface area contributed by atoms with Crippen LogP contribution < -0.4 is 29.6 Å². The van der Waals surface area contributed by atoms with Gasteiger partial charge in [-0.25, -0.2) is 4.39 Å². The molecule has 0 amide bonds. The summed E-state index contributed by atoms with van der Waals surface area (Å²) in [4.78, 5) is 0.673. The molecule has 0 N–H and O–H groups in total. The van der Waals surface area contributed by atoms with Crippen molar-refractivity contribution >= 4 is 12.6 Å². The second kappa shape index (κ2) is 4.23. The molecule has 0 spiro atoms. The Hall–Kier alpha value is 0.370. The molecular formula is C6H4FNaS. The van der Waals surface area contributed by atoms with Crippen LogP contribution in [0.5, 0.6) is 0 Å². The molecule has 0 heterocycles. The van der Waals surface area contributed by atoms with Crippen LogP contribution in [0.2, 0.25) is 0 Å². The first kappa shape index (κ1) is 9.37. The predicted molar refractivity (Wildman–Crippen MR) is 32.0 cm³/mol. The van der Waals surface area contributed by atoms with Crippen LogP contribution in [0.25, 0.3) is 0 Å². The Balaban J connectivity index is 0.000000640. The smallest absolute Gasteiger partial charge is 0.780 e. The number of benzene rings is 1. The third-order valence-corrected chi connectivity index (χ3v) is 1.09. The Morgan fingerprint density at radius 3 is 1.89 bits per heavy atom. The van der Waals surface area contributed by atoms with E-state index in [4.69, 9.17) is 12.6 Å². The normalized spacial score (nSPS) is 8.11. The van der Waals surface area contributed by atoms with Crippen molar-refractivity contribution < 1.29 is 33.9 Å². The van der Waals surface area contributed by atoms with Crippen molar-refractivity contribution in [2.75, 3.05) is 0 Å². The van der Waals surface area contributed by atoms with Crippen LogP contribution in [0.15, 0.2) is 29.2 Å². The van der Waals surface area contributed by atoms with Gasteiger partial charge in [-0.1, -0.05) is 12.1 Å². The zero-order valence-electron chi connectivity index (χ0n) is 5.10. The zero-order valence-corrected chi connectivity index (χ0v) is 7.91. The maximum atomic E-state index is 12.0. The molecule has 0 aliphatic carbocycles. The average Bonchev–Trinajstić information content (AvgIpc) is 1.77. The van der Waals surface area contributed by atoms with Crippen LogP contribution >= 0.6 is 0 Å². The standard InChI is InChI=1S/C6H5FS.Na/c7-5-1-3-6(8)4-2-5;/h1-4,8H;/q;+1/p-1. The topological polar surface area (TPSA) is 0 Å². The first-order chi connectivity index (χ1) is 3.79. The van der Waals surface area contributed by atoms with Crippen molar-refractivity contribution in [3.63, 3.8) is 0 Å². The van der Waals surface area contributed by atoms with Gasteiger partial charge >= 0.3 is 29.6 Å². The minimum atomic E-state index is -0.237. The molecule has 1 aromatic carbocycles. The van der Waals surface area contributed by atoms with E-state index in [1.807, 2.05) is 0 Å². The Morgan fingerprint density at radius 2 is 1.56 bits per heavy atom. The second-order valence-corrected chi connectivity index (χ2v) is 1.93. The van der Waals surface area contributed by atoms with E-state index in [-0.39, 0.29) is 35.4 Å². The van der Waals surface area contributed by atoms with Crippen molar-refractivity contribution in [3.8, 4) is 0 Å². The monoisotopic (exact) mass is 150 g/mol. The molecule has 0 radical (unpaired) electrons. The van der Waals surface area contributed by atoms with Gasteiger partial charge in [0.1, 0.15) is 5.82 Å². The Bertz CT molecular complexity index is 152. The van der Waals surface area contributed by atoms with E-state index in [1.165, 1.54) is 12.1 Å². The fourth-order valence-corrected chi connectivity index (χ4v) is 0.571. The maximum Gasteiger partial charge on any atom is 1.00 e. The number of rotatable bonds is 0. The maximum absolute atomic E-state index is 12.0. The van der Waals surface area contributed by atoms with E-state index in [9.17, 15) is 4.39 Å². The minimum absolute atomic E-state index is 0. The van der Waals surface area contributed by atoms with E-state index < -0.39 is 0 Å². The van der Waals surface area contributed by atoms with Crippen molar-refractivity contribution in [1.82, 2.24) is 0 Å².